The lowest BCUT2D eigenvalue weighted by atomic mass is 10.1. The van der Waals surface area contributed by atoms with E-state index >= 15 is 0 Å². The molecule has 0 aliphatic heterocycles. The minimum atomic E-state index is -3.84. The Morgan fingerprint density at radius 2 is 1.88 bits per heavy atom. The van der Waals surface area contributed by atoms with Gasteiger partial charge in [-0.25, -0.2) is 8.42 Å². The summed E-state index contributed by atoms with van der Waals surface area (Å²) in [6, 6.07) is 11.2. The van der Waals surface area contributed by atoms with Gasteiger partial charge in [-0.15, -0.1) is 6.58 Å². The zero-order valence-electron chi connectivity index (χ0n) is 14.8. The lowest BCUT2D eigenvalue weighted by Gasteiger charge is -2.12. The quantitative estimate of drug-likeness (QED) is 0.696. The number of rotatable bonds is 8. The Kier molecular flexibility index (Phi) is 6.41. The summed E-state index contributed by atoms with van der Waals surface area (Å²) >= 11 is 0. The summed E-state index contributed by atoms with van der Waals surface area (Å²) in [5, 5.41) is 2.63. The van der Waals surface area contributed by atoms with Crippen LogP contribution in [0.25, 0.3) is 0 Å². The number of hydrogen-bond acceptors (Lipinski definition) is 4. The van der Waals surface area contributed by atoms with Crippen molar-refractivity contribution >= 4 is 21.6 Å². The number of amides is 1. The molecule has 0 aliphatic rings. The number of carbonyl (C=O) groups is 1. The maximum absolute atomic E-state index is 12.7. The van der Waals surface area contributed by atoms with E-state index < -0.39 is 10.0 Å². The number of hydrogen-bond donors (Lipinski definition) is 2. The van der Waals surface area contributed by atoms with Gasteiger partial charge in [0.25, 0.3) is 15.9 Å². The summed E-state index contributed by atoms with van der Waals surface area (Å²) in [4.78, 5) is 12.1. The largest absolute Gasteiger partial charge is 0.494 e. The first-order chi connectivity index (χ1) is 12.4. The predicted molar refractivity (Wildman–Crippen MR) is 102 cm³/mol. The fraction of sp³-hybridized carbons (Fsp3) is 0.211. The van der Waals surface area contributed by atoms with E-state index in [4.69, 9.17) is 4.74 Å². The highest BCUT2D eigenvalue weighted by Gasteiger charge is 2.19. The minimum absolute atomic E-state index is 0.0534. The number of aryl methyl sites for hydroxylation is 1. The number of benzene rings is 2. The SMILES string of the molecule is C=CCNC(=O)c1ccc(C)c(S(=O)(=O)Nc2ccc(OCC)cc2)c1. The molecule has 0 saturated carbocycles. The van der Waals surface area contributed by atoms with E-state index in [1.54, 1.807) is 49.4 Å². The molecule has 0 aromatic heterocycles. The molecule has 26 heavy (non-hydrogen) atoms. The van der Waals surface area contributed by atoms with Gasteiger partial charge < -0.3 is 10.1 Å². The molecule has 1 amide bonds. The Morgan fingerprint density at radius 3 is 2.50 bits per heavy atom. The van der Waals surface area contributed by atoms with Crippen LogP contribution in [0.2, 0.25) is 0 Å². The van der Waals surface area contributed by atoms with Crippen LogP contribution in [0.5, 0.6) is 5.75 Å². The molecule has 0 heterocycles. The summed E-state index contributed by atoms with van der Waals surface area (Å²) in [7, 11) is -3.84. The van der Waals surface area contributed by atoms with Crippen LogP contribution in [0, 0.1) is 6.92 Å². The maximum Gasteiger partial charge on any atom is 0.262 e. The van der Waals surface area contributed by atoms with Crippen LogP contribution in [-0.2, 0) is 10.0 Å². The Balaban J connectivity index is 2.27. The van der Waals surface area contributed by atoms with Gasteiger partial charge in [-0.05, 0) is 55.8 Å². The van der Waals surface area contributed by atoms with Crippen LogP contribution in [0.15, 0.2) is 60.0 Å². The van der Waals surface area contributed by atoms with E-state index in [-0.39, 0.29) is 16.4 Å². The zero-order chi connectivity index (χ0) is 19.2. The number of ether oxygens (including phenoxy) is 1. The molecule has 2 N–H and O–H groups in total. The highest BCUT2D eigenvalue weighted by Crippen LogP contribution is 2.22. The summed E-state index contributed by atoms with van der Waals surface area (Å²) in [6.45, 7) is 7.92. The van der Waals surface area contributed by atoms with Crippen LogP contribution in [0.4, 0.5) is 5.69 Å². The Hall–Kier alpha value is -2.80. The van der Waals surface area contributed by atoms with Crippen molar-refractivity contribution in [2.75, 3.05) is 17.9 Å². The topological polar surface area (TPSA) is 84.5 Å². The first-order valence-corrected chi connectivity index (χ1v) is 9.61. The van der Waals surface area contributed by atoms with E-state index in [0.717, 1.165) is 0 Å². The number of sulfonamides is 1. The first-order valence-electron chi connectivity index (χ1n) is 8.13. The molecule has 0 bridgehead atoms. The van der Waals surface area contributed by atoms with Crippen molar-refractivity contribution in [1.29, 1.82) is 0 Å². The molecule has 0 spiro atoms. The van der Waals surface area contributed by atoms with Crippen LogP contribution in [0.1, 0.15) is 22.8 Å². The van der Waals surface area contributed by atoms with Crippen LogP contribution in [-0.4, -0.2) is 27.5 Å². The second kappa shape index (κ2) is 8.53. The molecule has 0 saturated heterocycles. The van der Waals surface area contributed by atoms with E-state index in [1.165, 1.54) is 6.07 Å². The van der Waals surface area contributed by atoms with Crippen molar-refractivity contribution in [3.05, 3.63) is 66.2 Å². The van der Waals surface area contributed by atoms with E-state index in [0.29, 0.717) is 30.2 Å². The minimum Gasteiger partial charge on any atom is -0.494 e. The van der Waals surface area contributed by atoms with Gasteiger partial charge in [0.1, 0.15) is 5.75 Å². The molecule has 2 rings (SSSR count). The third-order valence-electron chi connectivity index (χ3n) is 3.56. The van der Waals surface area contributed by atoms with Gasteiger partial charge >= 0.3 is 0 Å². The fourth-order valence-electron chi connectivity index (χ4n) is 2.29. The van der Waals surface area contributed by atoms with Gasteiger partial charge in [0, 0.05) is 17.8 Å². The van der Waals surface area contributed by atoms with Gasteiger partial charge in [-0.2, -0.15) is 0 Å². The fourth-order valence-corrected chi connectivity index (χ4v) is 3.62. The summed E-state index contributed by atoms with van der Waals surface area (Å²) in [6.07, 6.45) is 1.55. The molecule has 0 unspecified atom stereocenters. The number of nitrogens with one attached hydrogen (secondary N) is 2. The Labute approximate surface area is 153 Å². The summed E-state index contributed by atoms with van der Waals surface area (Å²) in [5.74, 6) is 0.301. The maximum atomic E-state index is 12.7. The van der Waals surface area contributed by atoms with Crippen molar-refractivity contribution in [1.82, 2.24) is 5.32 Å². The summed E-state index contributed by atoms with van der Waals surface area (Å²) < 4.78 is 33.3. The molecule has 7 heteroatoms. The van der Waals surface area contributed by atoms with Gasteiger partial charge in [-0.1, -0.05) is 12.1 Å². The van der Waals surface area contributed by atoms with Gasteiger partial charge in [0.05, 0.1) is 11.5 Å². The highest BCUT2D eigenvalue weighted by molar-refractivity contribution is 7.92. The van der Waals surface area contributed by atoms with E-state index in [2.05, 4.69) is 16.6 Å². The molecule has 0 atom stereocenters. The molecule has 2 aromatic carbocycles. The van der Waals surface area contributed by atoms with Crippen LogP contribution < -0.4 is 14.8 Å². The van der Waals surface area contributed by atoms with E-state index in [9.17, 15) is 13.2 Å². The molecule has 0 fully saturated rings. The average Bonchev–Trinajstić information content (AvgIpc) is 2.61. The normalized spacial score (nSPS) is 10.8. The third-order valence-corrected chi connectivity index (χ3v) is 5.09. The van der Waals surface area contributed by atoms with Crippen molar-refractivity contribution in [2.45, 2.75) is 18.7 Å². The molecule has 6 nitrogen and oxygen atoms in total. The smallest absolute Gasteiger partial charge is 0.262 e. The van der Waals surface area contributed by atoms with Gasteiger partial charge in [-0.3, -0.25) is 9.52 Å². The number of anilines is 1. The zero-order valence-corrected chi connectivity index (χ0v) is 15.6. The van der Waals surface area contributed by atoms with Gasteiger partial charge in [0.2, 0.25) is 0 Å². The highest BCUT2D eigenvalue weighted by atomic mass is 32.2. The van der Waals surface area contributed by atoms with Crippen LogP contribution in [0.3, 0.4) is 0 Å². The summed E-state index contributed by atoms with van der Waals surface area (Å²) in [5.41, 5.74) is 1.22. The second-order valence-electron chi connectivity index (χ2n) is 5.54. The Bertz CT molecular complexity index is 890. The van der Waals surface area contributed by atoms with Crippen molar-refractivity contribution in [2.24, 2.45) is 0 Å². The molecule has 0 aliphatic carbocycles. The van der Waals surface area contributed by atoms with Crippen LogP contribution >= 0.6 is 0 Å². The molecule has 138 valence electrons. The molecular formula is C19H22N2O4S. The van der Waals surface area contributed by atoms with Crippen molar-refractivity contribution in [3.63, 3.8) is 0 Å². The monoisotopic (exact) mass is 374 g/mol. The second-order valence-corrected chi connectivity index (χ2v) is 7.19. The van der Waals surface area contributed by atoms with Crippen molar-refractivity contribution in [3.8, 4) is 5.75 Å². The van der Waals surface area contributed by atoms with E-state index in [1.807, 2.05) is 6.92 Å². The lowest BCUT2D eigenvalue weighted by Crippen LogP contribution is -2.24. The lowest BCUT2D eigenvalue weighted by molar-refractivity contribution is 0.0958. The van der Waals surface area contributed by atoms with Gasteiger partial charge in [0.15, 0.2) is 0 Å². The predicted octanol–water partition coefficient (Wildman–Crippen LogP) is 3.11. The first kappa shape index (κ1) is 19.5. The number of carbonyl (C=O) groups excluding carboxylic acids is 1. The standard InChI is InChI=1S/C19H22N2O4S/c1-4-12-20-19(22)15-7-6-14(3)18(13-15)26(23,24)21-16-8-10-17(11-9-16)25-5-2/h4,6-11,13,21H,1,5,12H2,2-3H3,(H,20,22). The van der Waals surface area contributed by atoms with Crippen molar-refractivity contribution < 1.29 is 17.9 Å². The Morgan fingerprint density at radius 1 is 1.19 bits per heavy atom. The molecular weight excluding hydrogens is 352 g/mol. The molecule has 2 aromatic rings. The molecule has 0 radical (unpaired) electrons. The average molecular weight is 374 g/mol. The third kappa shape index (κ3) is 4.86.